The zero-order valence-corrected chi connectivity index (χ0v) is 12.8. The molecule has 0 fully saturated rings. The number of rotatable bonds is 5. The molecule has 1 atom stereocenters. The lowest BCUT2D eigenvalue weighted by atomic mass is 10.1. The van der Waals surface area contributed by atoms with E-state index in [1.807, 2.05) is 17.6 Å². The number of benzene rings is 1. The van der Waals surface area contributed by atoms with Crippen LogP contribution < -0.4 is 0 Å². The average molecular weight is 299 g/mol. The number of aromatic nitrogens is 4. The van der Waals surface area contributed by atoms with Gasteiger partial charge in [0.15, 0.2) is 5.82 Å². The Hall–Kier alpha value is -2.05. The molecule has 2 aromatic heterocycles. The van der Waals surface area contributed by atoms with Gasteiger partial charge in [-0.2, -0.15) is 5.10 Å². The molecule has 0 radical (unpaired) electrons. The lowest BCUT2D eigenvalue weighted by Gasteiger charge is -2.23. The normalized spacial score (nSPS) is 12.7. The van der Waals surface area contributed by atoms with Crippen molar-refractivity contribution in [1.82, 2.24) is 25.1 Å². The van der Waals surface area contributed by atoms with Gasteiger partial charge in [0, 0.05) is 23.7 Å². The zero-order chi connectivity index (χ0) is 14.7. The summed E-state index contributed by atoms with van der Waals surface area (Å²) in [6.07, 6.45) is 3.38. The van der Waals surface area contributed by atoms with Crippen LogP contribution in [-0.4, -0.2) is 32.1 Å². The summed E-state index contributed by atoms with van der Waals surface area (Å²) < 4.78 is 0. The van der Waals surface area contributed by atoms with Crippen molar-refractivity contribution in [3.8, 4) is 11.4 Å². The molecule has 0 aliphatic heterocycles. The Bertz CT molecular complexity index is 678. The van der Waals surface area contributed by atoms with E-state index < -0.39 is 0 Å². The molecule has 0 bridgehead atoms. The molecular weight excluding hydrogens is 282 g/mol. The van der Waals surface area contributed by atoms with E-state index in [9.17, 15) is 0 Å². The van der Waals surface area contributed by atoms with Crippen molar-refractivity contribution in [3.63, 3.8) is 0 Å². The minimum absolute atomic E-state index is 0.305. The minimum atomic E-state index is 0.305. The van der Waals surface area contributed by atoms with Gasteiger partial charge in [-0.1, -0.05) is 18.2 Å². The molecule has 0 aliphatic rings. The molecule has 0 aliphatic carbocycles. The summed E-state index contributed by atoms with van der Waals surface area (Å²) in [5.74, 6) is 0.799. The van der Waals surface area contributed by atoms with Crippen molar-refractivity contribution in [2.75, 3.05) is 7.05 Å². The van der Waals surface area contributed by atoms with Gasteiger partial charge in [0.2, 0.25) is 0 Å². The fourth-order valence-corrected chi connectivity index (χ4v) is 2.98. The number of hydrogen-bond donors (Lipinski definition) is 1. The summed E-state index contributed by atoms with van der Waals surface area (Å²) in [5, 5.41) is 9.95. The van der Waals surface area contributed by atoms with Gasteiger partial charge in [0.1, 0.15) is 11.3 Å². The zero-order valence-electron chi connectivity index (χ0n) is 12.0. The van der Waals surface area contributed by atoms with Gasteiger partial charge in [0.05, 0.1) is 6.04 Å². The Kier molecular flexibility index (Phi) is 4.08. The molecule has 2 heterocycles. The summed E-state index contributed by atoms with van der Waals surface area (Å²) in [6.45, 7) is 3.04. The highest BCUT2D eigenvalue weighted by Gasteiger charge is 2.14. The summed E-state index contributed by atoms with van der Waals surface area (Å²) in [5.41, 5.74) is 2.30. The third kappa shape index (κ3) is 3.17. The van der Waals surface area contributed by atoms with Crippen molar-refractivity contribution in [2.45, 2.75) is 19.5 Å². The molecule has 1 aromatic carbocycles. The molecule has 108 valence electrons. The number of hydrogen-bond acceptors (Lipinski definition) is 5. The van der Waals surface area contributed by atoms with Crippen molar-refractivity contribution < 1.29 is 0 Å². The van der Waals surface area contributed by atoms with Gasteiger partial charge in [0.25, 0.3) is 0 Å². The standard InChI is InChI=1S/C15H17N5S/c1-11(15-16-6-7-21-15)20(2)9-12-4-3-5-13(8-12)14-17-10-18-19-14/h3-8,10-11H,9H2,1-2H3,(H,17,18,19). The number of nitrogens with one attached hydrogen (secondary N) is 1. The highest BCUT2D eigenvalue weighted by atomic mass is 32.1. The molecule has 0 amide bonds. The van der Waals surface area contributed by atoms with Crippen LogP contribution in [-0.2, 0) is 6.54 Å². The topological polar surface area (TPSA) is 57.7 Å². The van der Waals surface area contributed by atoms with Gasteiger partial charge < -0.3 is 0 Å². The van der Waals surface area contributed by atoms with Gasteiger partial charge in [-0.25, -0.2) is 9.97 Å². The van der Waals surface area contributed by atoms with Crippen LogP contribution in [0.15, 0.2) is 42.2 Å². The van der Waals surface area contributed by atoms with Crippen molar-refractivity contribution in [2.24, 2.45) is 0 Å². The van der Waals surface area contributed by atoms with Crippen LogP contribution in [0.2, 0.25) is 0 Å². The Morgan fingerprint density at radius 3 is 2.95 bits per heavy atom. The minimum Gasteiger partial charge on any atom is -0.293 e. The second-order valence-electron chi connectivity index (χ2n) is 5.00. The van der Waals surface area contributed by atoms with E-state index >= 15 is 0 Å². The Labute approximate surface area is 127 Å². The predicted molar refractivity (Wildman–Crippen MR) is 83.8 cm³/mol. The SMILES string of the molecule is CC(c1nccs1)N(C)Cc1cccc(-c2ncn[nH]2)c1. The summed E-state index contributed by atoms with van der Waals surface area (Å²) in [6, 6.07) is 8.67. The van der Waals surface area contributed by atoms with E-state index in [-0.39, 0.29) is 0 Å². The molecule has 21 heavy (non-hydrogen) atoms. The largest absolute Gasteiger partial charge is 0.293 e. The van der Waals surface area contributed by atoms with Crippen molar-refractivity contribution >= 4 is 11.3 Å². The molecule has 0 saturated heterocycles. The van der Waals surface area contributed by atoms with Gasteiger partial charge in [-0.3, -0.25) is 10.00 Å². The number of nitrogens with zero attached hydrogens (tertiary/aromatic N) is 4. The van der Waals surface area contributed by atoms with Crippen LogP contribution >= 0.6 is 11.3 Å². The van der Waals surface area contributed by atoms with E-state index in [0.29, 0.717) is 6.04 Å². The third-order valence-corrected chi connectivity index (χ3v) is 4.46. The molecule has 0 spiro atoms. The molecular formula is C15H17N5S. The van der Waals surface area contributed by atoms with Crippen LogP contribution in [0.1, 0.15) is 23.5 Å². The lowest BCUT2D eigenvalue weighted by molar-refractivity contribution is 0.252. The van der Waals surface area contributed by atoms with E-state index in [2.05, 4.69) is 57.2 Å². The Morgan fingerprint density at radius 1 is 1.33 bits per heavy atom. The van der Waals surface area contributed by atoms with Crippen molar-refractivity contribution in [3.05, 3.63) is 52.7 Å². The molecule has 0 saturated carbocycles. The van der Waals surface area contributed by atoms with Gasteiger partial charge in [-0.05, 0) is 25.6 Å². The Balaban J connectivity index is 1.74. The molecule has 6 heteroatoms. The first-order valence-electron chi connectivity index (χ1n) is 6.78. The molecule has 1 N–H and O–H groups in total. The second-order valence-corrected chi connectivity index (χ2v) is 5.92. The van der Waals surface area contributed by atoms with Gasteiger partial charge >= 0.3 is 0 Å². The van der Waals surface area contributed by atoms with Crippen LogP contribution in [0.3, 0.4) is 0 Å². The van der Waals surface area contributed by atoms with Crippen LogP contribution in [0.25, 0.3) is 11.4 Å². The van der Waals surface area contributed by atoms with Crippen LogP contribution in [0.5, 0.6) is 0 Å². The van der Waals surface area contributed by atoms with Crippen LogP contribution in [0.4, 0.5) is 0 Å². The highest BCUT2D eigenvalue weighted by Crippen LogP contribution is 2.23. The number of H-pyrrole nitrogens is 1. The van der Waals surface area contributed by atoms with E-state index in [4.69, 9.17) is 0 Å². The van der Waals surface area contributed by atoms with Gasteiger partial charge in [-0.15, -0.1) is 11.3 Å². The maximum absolute atomic E-state index is 4.39. The van der Waals surface area contributed by atoms with Crippen molar-refractivity contribution in [1.29, 1.82) is 0 Å². The maximum atomic E-state index is 4.39. The number of aromatic amines is 1. The third-order valence-electron chi connectivity index (χ3n) is 3.52. The summed E-state index contributed by atoms with van der Waals surface area (Å²) in [4.78, 5) is 10.9. The van der Waals surface area contributed by atoms with E-state index in [0.717, 1.165) is 22.9 Å². The smallest absolute Gasteiger partial charge is 0.155 e. The maximum Gasteiger partial charge on any atom is 0.155 e. The molecule has 1 unspecified atom stereocenters. The first kappa shape index (κ1) is 13.9. The lowest BCUT2D eigenvalue weighted by Crippen LogP contribution is -2.21. The summed E-state index contributed by atoms with van der Waals surface area (Å²) in [7, 11) is 2.12. The molecule has 5 nitrogen and oxygen atoms in total. The second kappa shape index (κ2) is 6.15. The summed E-state index contributed by atoms with van der Waals surface area (Å²) >= 11 is 1.70. The van der Waals surface area contributed by atoms with E-state index in [1.165, 1.54) is 11.9 Å². The Morgan fingerprint density at radius 2 is 2.24 bits per heavy atom. The van der Waals surface area contributed by atoms with E-state index in [1.54, 1.807) is 11.3 Å². The van der Waals surface area contributed by atoms with Crippen LogP contribution in [0, 0.1) is 0 Å². The first-order chi connectivity index (χ1) is 10.2. The fraction of sp³-hybridized carbons (Fsp3) is 0.267. The number of thiazole rings is 1. The quantitative estimate of drug-likeness (QED) is 0.786. The molecule has 3 rings (SSSR count). The average Bonchev–Trinajstić information content (AvgIpc) is 3.20. The fourth-order valence-electron chi connectivity index (χ4n) is 2.22. The monoisotopic (exact) mass is 299 g/mol. The molecule has 3 aromatic rings. The first-order valence-corrected chi connectivity index (χ1v) is 7.66. The highest BCUT2D eigenvalue weighted by molar-refractivity contribution is 7.09. The predicted octanol–water partition coefficient (Wildman–Crippen LogP) is 3.12.